The number of fused-ring (bicyclic) bond motifs is 1. The van der Waals surface area contributed by atoms with E-state index in [2.05, 4.69) is 4.99 Å². The molecule has 1 aromatic carbocycles. The lowest BCUT2D eigenvalue weighted by atomic mass is 9.90. The molecule has 0 spiro atoms. The van der Waals surface area contributed by atoms with Crippen molar-refractivity contribution in [1.82, 2.24) is 0 Å². The number of hydrogen-bond acceptors (Lipinski definition) is 2. The molecule has 1 aromatic rings. The van der Waals surface area contributed by atoms with Crippen molar-refractivity contribution in [2.24, 2.45) is 10.9 Å². The van der Waals surface area contributed by atoms with Crippen LogP contribution in [0.1, 0.15) is 6.92 Å². The second-order valence-corrected chi connectivity index (χ2v) is 5.20. The molecular formula is C15H12ClFN2O. The number of hydrogen-bond donors (Lipinski definition) is 0. The van der Waals surface area contributed by atoms with Crippen LogP contribution in [-0.4, -0.2) is 17.6 Å². The van der Waals surface area contributed by atoms with Gasteiger partial charge in [-0.1, -0.05) is 11.6 Å². The van der Waals surface area contributed by atoms with E-state index >= 15 is 0 Å². The summed E-state index contributed by atoms with van der Waals surface area (Å²) in [7, 11) is 0. The zero-order valence-electron chi connectivity index (χ0n) is 10.8. The minimum absolute atomic E-state index is 0.139. The van der Waals surface area contributed by atoms with Gasteiger partial charge in [-0.2, -0.15) is 0 Å². The molecule has 2 atom stereocenters. The van der Waals surface area contributed by atoms with Gasteiger partial charge >= 0.3 is 0 Å². The summed E-state index contributed by atoms with van der Waals surface area (Å²) in [4.78, 5) is 18.3. The lowest BCUT2D eigenvalue weighted by Gasteiger charge is -2.35. The van der Waals surface area contributed by atoms with Crippen LogP contribution in [0.2, 0.25) is 0 Å². The van der Waals surface area contributed by atoms with E-state index in [1.807, 2.05) is 13.0 Å². The number of amides is 1. The van der Waals surface area contributed by atoms with Gasteiger partial charge in [-0.3, -0.25) is 14.7 Å². The summed E-state index contributed by atoms with van der Waals surface area (Å²) in [5, 5.41) is 0. The van der Waals surface area contributed by atoms with Gasteiger partial charge in [0.05, 0.1) is 0 Å². The summed E-state index contributed by atoms with van der Waals surface area (Å²) >= 11 is 6.14. The molecule has 0 saturated carbocycles. The predicted octanol–water partition coefficient (Wildman–Crippen LogP) is 3.27. The molecule has 20 heavy (non-hydrogen) atoms. The molecular weight excluding hydrogens is 279 g/mol. The Kier molecular flexibility index (Phi) is 3.18. The Balaban J connectivity index is 2.05. The first-order valence-corrected chi connectivity index (χ1v) is 6.67. The van der Waals surface area contributed by atoms with Gasteiger partial charge in [-0.05, 0) is 48.9 Å². The maximum Gasteiger partial charge on any atom is 0.242 e. The summed E-state index contributed by atoms with van der Waals surface area (Å²) in [5.41, 5.74) is 1.67. The van der Waals surface area contributed by atoms with Crippen molar-refractivity contribution in [3.05, 3.63) is 53.5 Å². The zero-order chi connectivity index (χ0) is 14.3. The maximum absolute atomic E-state index is 13.0. The van der Waals surface area contributed by atoms with Gasteiger partial charge in [-0.15, -0.1) is 0 Å². The van der Waals surface area contributed by atoms with Crippen LogP contribution in [0.15, 0.2) is 52.7 Å². The molecule has 2 aliphatic rings. The molecule has 0 bridgehead atoms. The summed E-state index contributed by atoms with van der Waals surface area (Å²) in [5.74, 6) is -0.965. The first-order valence-electron chi connectivity index (χ1n) is 6.23. The highest BCUT2D eigenvalue weighted by Crippen LogP contribution is 2.35. The Morgan fingerprint density at radius 2 is 2.00 bits per heavy atom. The Hall–Kier alpha value is -1.94. The SMILES string of the molecule is CC1=CC2=CC=NC(Cl)C2C(=O)N1c1ccc(F)cc1. The third kappa shape index (κ3) is 2.06. The predicted molar refractivity (Wildman–Crippen MR) is 77.3 cm³/mol. The van der Waals surface area contributed by atoms with Crippen molar-refractivity contribution in [1.29, 1.82) is 0 Å². The highest BCUT2D eigenvalue weighted by Gasteiger charge is 2.38. The van der Waals surface area contributed by atoms with Gasteiger partial charge < -0.3 is 0 Å². The zero-order valence-corrected chi connectivity index (χ0v) is 11.5. The van der Waals surface area contributed by atoms with Crippen LogP contribution in [0.3, 0.4) is 0 Å². The molecule has 102 valence electrons. The number of halogens is 2. The van der Waals surface area contributed by atoms with Crippen LogP contribution in [0.25, 0.3) is 0 Å². The minimum atomic E-state index is -0.602. The topological polar surface area (TPSA) is 32.7 Å². The molecule has 5 heteroatoms. The molecule has 0 aliphatic carbocycles. The average molecular weight is 291 g/mol. The smallest absolute Gasteiger partial charge is 0.242 e. The Morgan fingerprint density at radius 3 is 2.70 bits per heavy atom. The normalized spacial score (nSPS) is 25.1. The first-order chi connectivity index (χ1) is 9.58. The molecule has 2 unspecified atom stereocenters. The van der Waals surface area contributed by atoms with E-state index in [-0.39, 0.29) is 11.7 Å². The van der Waals surface area contributed by atoms with E-state index in [9.17, 15) is 9.18 Å². The van der Waals surface area contributed by atoms with E-state index < -0.39 is 11.4 Å². The lowest BCUT2D eigenvalue weighted by molar-refractivity contribution is -0.121. The van der Waals surface area contributed by atoms with Gasteiger partial charge in [0.25, 0.3) is 0 Å². The van der Waals surface area contributed by atoms with Crippen LogP contribution >= 0.6 is 11.6 Å². The van der Waals surface area contributed by atoms with Crippen LogP contribution in [0.5, 0.6) is 0 Å². The first kappa shape index (κ1) is 13.1. The fraction of sp³-hybridized carbons (Fsp3) is 0.200. The maximum atomic E-state index is 13.0. The molecule has 2 aliphatic heterocycles. The minimum Gasteiger partial charge on any atom is -0.284 e. The number of allylic oxidation sites excluding steroid dienone is 3. The number of carbonyl (C=O) groups is 1. The highest BCUT2D eigenvalue weighted by molar-refractivity contribution is 6.24. The van der Waals surface area contributed by atoms with Crippen molar-refractivity contribution < 1.29 is 9.18 Å². The number of carbonyl (C=O) groups excluding carboxylic acids is 1. The van der Waals surface area contributed by atoms with Gasteiger partial charge in [0.15, 0.2) is 0 Å². The fourth-order valence-corrected chi connectivity index (χ4v) is 2.82. The average Bonchev–Trinajstić information content (AvgIpc) is 2.40. The Bertz CT molecular complexity index is 648. The van der Waals surface area contributed by atoms with E-state index in [1.54, 1.807) is 29.3 Å². The summed E-state index contributed by atoms with van der Waals surface area (Å²) < 4.78 is 13.0. The lowest BCUT2D eigenvalue weighted by Crippen LogP contribution is -2.43. The number of anilines is 1. The molecule has 0 N–H and O–H groups in total. The van der Waals surface area contributed by atoms with Crippen LogP contribution in [0, 0.1) is 11.7 Å². The van der Waals surface area contributed by atoms with Crippen LogP contribution in [-0.2, 0) is 4.79 Å². The molecule has 3 rings (SSSR count). The summed E-state index contributed by atoms with van der Waals surface area (Å²) in [6.07, 6.45) is 5.33. The number of dihydropyridines is 1. The van der Waals surface area contributed by atoms with E-state index in [0.29, 0.717) is 5.69 Å². The van der Waals surface area contributed by atoms with E-state index in [4.69, 9.17) is 11.6 Å². The number of nitrogens with zero attached hydrogens (tertiary/aromatic N) is 2. The number of alkyl halides is 1. The number of rotatable bonds is 1. The Morgan fingerprint density at radius 1 is 1.30 bits per heavy atom. The summed E-state index contributed by atoms with van der Waals surface area (Å²) in [6.45, 7) is 1.84. The third-order valence-corrected chi connectivity index (χ3v) is 3.79. The largest absolute Gasteiger partial charge is 0.284 e. The van der Waals surface area contributed by atoms with E-state index in [1.165, 1.54) is 12.1 Å². The Labute approximate surface area is 121 Å². The van der Waals surface area contributed by atoms with Crippen molar-refractivity contribution in [3.8, 4) is 0 Å². The molecule has 0 saturated heterocycles. The quantitative estimate of drug-likeness (QED) is 0.577. The fourth-order valence-electron chi connectivity index (χ4n) is 2.50. The molecule has 0 fully saturated rings. The van der Waals surface area contributed by atoms with Gasteiger partial charge in [0.2, 0.25) is 5.91 Å². The van der Waals surface area contributed by atoms with Crippen LogP contribution in [0.4, 0.5) is 10.1 Å². The monoisotopic (exact) mass is 290 g/mol. The van der Waals surface area contributed by atoms with Gasteiger partial charge in [0.1, 0.15) is 17.2 Å². The van der Waals surface area contributed by atoms with Gasteiger partial charge in [-0.25, -0.2) is 4.39 Å². The van der Waals surface area contributed by atoms with Crippen molar-refractivity contribution in [2.75, 3.05) is 4.90 Å². The number of aliphatic imine (C=N–C) groups is 1. The second kappa shape index (κ2) is 4.87. The number of benzene rings is 1. The van der Waals surface area contributed by atoms with Crippen molar-refractivity contribution in [3.63, 3.8) is 0 Å². The van der Waals surface area contributed by atoms with Crippen LogP contribution < -0.4 is 4.90 Å². The molecule has 3 nitrogen and oxygen atoms in total. The molecule has 0 aromatic heterocycles. The molecule has 1 amide bonds. The van der Waals surface area contributed by atoms with Crippen molar-refractivity contribution >= 4 is 29.4 Å². The highest BCUT2D eigenvalue weighted by atomic mass is 35.5. The molecule has 0 radical (unpaired) electrons. The third-order valence-electron chi connectivity index (χ3n) is 3.43. The molecule has 2 heterocycles. The van der Waals surface area contributed by atoms with E-state index in [0.717, 1.165) is 11.3 Å². The second-order valence-electron chi connectivity index (χ2n) is 4.75. The standard InChI is InChI=1S/C15H12ClFN2O/c1-9-8-10-6-7-18-14(16)13(10)15(20)19(9)12-4-2-11(17)3-5-12/h2-8,13-14H,1H3. The van der Waals surface area contributed by atoms with Gasteiger partial charge in [0, 0.05) is 17.6 Å². The summed E-state index contributed by atoms with van der Waals surface area (Å²) in [6, 6.07) is 5.82. The van der Waals surface area contributed by atoms with Crippen molar-refractivity contribution in [2.45, 2.75) is 12.4 Å².